The second-order valence-corrected chi connectivity index (χ2v) is 7.24. The number of anilines is 2. The molecule has 112 valence electrons. The predicted molar refractivity (Wildman–Crippen MR) is 88.3 cm³/mol. The number of carbonyl (C=O) groups excluding carboxylic acids is 1. The van der Waals surface area contributed by atoms with Crippen LogP contribution in [0.4, 0.5) is 11.4 Å². The quantitative estimate of drug-likeness (QED) is 0.751. The van der Waals surface area contributed by atoms with E-state index in [-0.39, 0.29) is 17.2 Å². The van der Waals surface area contributed by atoms with E-state index in [4.69, 9.17) is 23.2 Å². The topological polar surface area (TPSA) is 41.1 Å². The van der Waals surface area contributed by atoms with Crippen molar-refractivity contribution in [3.63, 3.8) is 0 Å². The second-order valence-electron chi connectivity index (χ2n) is 6.50. The van der Waals surface area contributed by atoms with E-state index in [1.165, 1.54) is 0 Å². The fourth-order valence-electron chi connectivity index (χ4n) is 3.13. The molecular formula is C16H18Cl2N2O. The number of allylic oxidation sites excluding steroid dienone is 1. The zero-order valence-electron chi connectivity index (χ0n) is 12.1. The molecule has 1 aliphatic heterocycles. The van der Waals surface area contributed by atoms with Crippen LogP contribution in [0.15, 0.2) is 29.5 Å². The Kier molecular flexibility index (Phi) is 3.66. The molecule has 0 saturated heterocycles. The molecule has 21 heavy (non-hydrogen) atoms. The molecule has 0 spiro atoms. The van der Waals surface area contributed by atoms with Crippen LogP contribution in [0.5, 0.6) is 0 Å². The van der Waals surface area contributed by atoms with Crippen molar-refractivity contribution in [1.82, 2.24) is 0 Å². The van der Waals surface area contributed by atoms with Crippen LogP contribution in [-0.2, 0) is 4.79 Å². The molecule has 2 N–H and O–H groups in total. The van der Waals surface area contributed by atoms with Gasteiger partial charge in [-0.05, 0) is 30.0 Å². The van der Waals surface area contributed by atoms with Gasteiger partial charge >= 0.3 is 0 Å². The SMILES string of the molecule is CC1(C)CC(=O)C2=C(C1)Nc1ccc(Cl)cc1NC2CCl. The highest BCUT2D eigenvalue weighted by Gasteiger charge is 2.37. The molecule has 1 unspecified atom stereocenters. The number of hydrogen-bond donors (Lipinski definition) is 2. The van der Waals surface area contributed by atoms with Crippen molar-refractivity contribution in [2.45, 2.75) is 32.7 Å². The Hall–Kier alpha value is -1.19. The van der Waals surface area contributed by atoms with E-state index in [1.807, 2.05) is 18.2 Å². The van der Waals surface area contributed by atoms with Crippen LogP contribution in [0.25, 0.3) is 0 Å². The van der Waals surface area contributed by atoms with Crippen LogP contribution in [0.3, 0.4) is 0 Å². The van der Waals surface area contributed by atoms with Gasteiger partial charge in [0, 0.05) is 28.6 Å². The van der Waals surface area contributed by atoms with Gasteiger partial charge < -0.3 is 10.6 Å². The molecule has 0 saturated carbocycles. The molecule has 1 aromatic carbocycles. The summed E-state index contributed by atoms with van der Waals surface area (Å²) in [5, 5.41) is 7.42. The molecule has 0 radical (unpaired) electrons. The van der Waals surface area contributed by atoms with Gasteiger partial charge in [0.05, 0.1) is 17.4 Å². The predicted octanol–water partition coefficient (Wildman–Crippen LogP) is 4.43. The first-order valence-corrected chi connectivity index (χ1v) is 7.96. The average Bonchev–Trinajstić information content (AvgIpc) is 2.52. The Morgan fingerprint density at radius 3 is 2.76 bits per heavy atom. The van der Waals surface area contributed by atoms with E-state index in [0.717, 1.165) is 29.1 Å². The van der Waals surface area contributed by atoms with Crippen LogP contribution in [0.2, 0.25) is 5.02 Å². The summed E-state index contributed by atoms with van der Waals surface area (Å²) in [7, 11) is 0. The van der Waals surface area contributed by atoms with E-state index in [0.29, 0.717) is 17.3 Å². The highest BCUT2D eigenvalue weighted by molar-refractivity contribution is 6.31. The fourth-order valence-corrected chi connectivity index (χ4v) is 3.54. The average molecular weight is 325 g/mol. The minimum Gasteiger partial charge on any atom is -0.375 e. The third kappa shape index (κ3) is 2.77. The van der Waals surface area contributed by atoms with Crippen molar-refractivity contribution in [2.75, 3.05) is 16.5 Å². The van der Waals surface area contributed by atoms with Gasteiger partial charge in [-0.1, -0.05) is 25.4 Å². The number of carbonyl (C=O) groups is 1. The maximum atomic E-state index is 12.6. The van der Waals surface area contributed by atoms with Crippen LogP contribution in [-0.4, -0.2) is 17.7 Å². The van der Waals surface area contributed by atoms with Crippen molar-refractivity contribution < 1.29 is 4.79 Å². The number of benzene rings is 1. The van der Waals surface area contributed by atoms with Crippen molar-refractivity contribution in [3.05, 3.63) is 34.5 Å². The molecule has 0 aromatic heterocycles. The zero-order chi connectivity index (χ0) is 15.2. The Morgan fingerprint density at radius 1 is 1.29 bits per heavy atom. The smallest absolute Gasteiger partial charge is 0.163 e. The Balaban J connectivity index is 2.09. The van der Waals surface area contributed by atoms with E-state index in [1.54, 1.807) is 0 Å². The summed E-state index contributed by atoms with van der Waals surface area (Å²) in [6.45, 7) is 4.24. The minimum absolute atomic E-state index is 0.0310. The first kappa shape index (κ1) is 14.7. The molecule has 1 aliphatic carbocycles. The highest BCUT2D eigenvalue weighted by atomic mass is 35.5. The number of ketones is 1. The van der Waals surface area contributed by atoms with Crippen molar-refractivity contribution >= 4 is 40.4 Å². The molecule has 3 nitrogen and oxygen atoms in total. The van der Waals surface area contributed by atoms with Crippen molar-refractivity contribution in [1.29, 1.82) is 0 Å². The normalized spacial score (nSPS) is 23.6. The maximum Gasteiger partial charge on any atom is 0.163 e. The standard InChI is InChI=1S/C16H18Cl2N2O/c1-16(2)6-12-15(14(21)7-16)13(8-17)20-11-5-9(18)3-4-10(11)19-12/h3-5,13,19-20H,6-8H2,1-2H3. The molecule has 3 rings (SSSR count). The lowest BCUT2D eigenvalue weighted by Gasteiger charge is -2.33. The summed E-state index contributed by atoms with van der Waals surface area (Å²) in [5.41, 5.74) is 3.56. The van der Waals surface area contributed by atoms with Gasteiger partial charge in [0.15, 0.2) is 5.78 Å². The second kappa shape index (κ2) is 5.22. The third-order valence-electron chi connectivity index (χ3n) is 4.02. The number of Topliss-reactive ketones (excluding diaryl/α,β-unsaturated/α-hetero) is 1. The molecule has 1 atom stereocenters. The monoisotopic (exact) mass is 324 g/mol. The van der Waals surface area contributed by atoms with Crippen LogP contribution in [0, 0.1) is 5.41 Å². The molecule has 1 heterocycles. The van der Waals surface area contributed by atoms with Crippen LogP contribution < -0.4 is 10.6 Å². The minimum atomic E-state index is -0.183. The summed E-state index contributed by atoms with van der Waals surface area (Å²) in [4.78, 5) is 12.6. The number of halogens is 2. The first-order valence-electron chi connectivity index (χ1n) is 7.05. The number of fused-ring (bicyclic) bond motifs is 1. The maximum absolute atomic E-state index is 12.6. The zero-order valence-corrected chi connectivity index (χ0v) is 13.6. The van der Waals surface area contributed by atoms with E-state index in [9.17, 15) is 4.79 Å². The van der Waals surface area contributed by atoms with Gasteiger partial charge in [0.1, 0.15) is 0 Å². The molecular weight excluding hydrogens is 307 g/mol. The number of hydrogen-bond acceptors (Lipinski definition) is 3. The van der Waals surface area contributed by atoms with E-state index >= 15 is 0 Å². The van der Waals surface area contributed by atoms with Gasteiger partial charge in [-0.15, -0.1) is 11.6 Å². The summed E-state index contributed by atoms with van der Waals surface area (Å²) < 4.78 is 0. The lowest BCUT2D eigenvalue weighted by molar-refractivity contribution is -0.118. The van der Waals surface area contributed by atoms with Crippen LogP contribution in [0.1, 0.15) is 26.7 Å². The van der Waals surface area contributed by atoms with Gasteiger partial charge in [-0.25, -0.2) is 0 Å². The Morgan fingerprint density at radius 2 is 2.05 bits per heavy atom. The molecule has 0 bridgehead atoms. The number of rotatable bonds is 1. The lowest BCUT2D eigenvalue weighted by atomic mass is 9.74. The Bertz CT molecular complexity index is 637. The summed E-state index contributed by atoms with van der Waals surface area (Å²) >= 11 is 12.2. The number of alkyl halides is 1. The van der Waals surface area contributed by atoms with Crippen LogP contribution >= 0.6 is 23.2 Å². The summed E-state index contributed by atoms with van der Waals surface area (Å²) in [5.74, 6) is 0.518. The third-order valence-corrected chi connectivity index (χ3v) is 4.56. The van der Waals surface area contributed by atoms with E-state index < -0.39 is 0 Å². The first-order chi connectivity index (χ1) is 9.89. The van der Waals surface area contributed by atoms with Crippen molar-refractivity contribution in [2.24, 2.45) is 5.41 Å². The highest BCUT2D eigenvalue weighted by Crippen LogP contribution is 2.42. The molecule has 0 amide bonds. The van der Waals surface area contributed by atoms with Crippen molar-refractivity contribution in [3.8, 4) is 0 Å². The summed E-state index contributed by atoms with van der Waals surface area (Å²) in [6.07, 6.45) is 1.39. The van der Waals surface area contributed by atoms with Gasteiger partial charge in [-0.3, -0.25) is 4.79 Å². The summed E-state index contributed by atoms with van der Waals surface area (Å²) in [6, 6.07) is 5.44. The van der Waals surface area contributed by atoms with Gasteiger partial charge in [-0.2, -0.15) is 0 Å². The number of nitrogens with one attached hydrogen (secondary N) is 2. The lowest BCUT2D eigenvalue weighted by Crippen LogP contribution is -2.35. The fraction of sp³-hybridized carbons (Fsp3) is 0.438. The molecule has 5 heteroatoms. The molecule has 1 aromatic rings. The Labute approximate surface area is 134 Å². The largest absolute Gasteiger partial charge is 0.375 e. The van der Waals surface area contributed by atoms with E-state index in [2.05, 4.69) is 24.5 Å². The molecule has 2 aliphatic rings. The molecule has 0 fully saturated rings. The van der Waals surface area contributed by atoms with Gasteiger partial charge in [0.2, 0.25) is 0 Å². The van der Waals surface area contributed by atoms with Gasteiger partial charge in [0.25, 0.3) is 0 Å².